The van der Waals surface area contributed by atoms with Crippen LogP contribution in [0.25, 0.3) is 0 Å². The van der Waals surface area contributed by atoms with Gasteiger partial charge in [-0.2, -0.15) is 13.2 Å². The summed E-state index contributed by atoms with van der Waals surface area (Å²) >= 11 is 2.04. The van der Waals surface area contributed by atoms with Crippen LogP contribution in [0, 0.1) is 5.82 Å². The second-order valence-corrected chi connectivity index (χ2v) is 5.17. The molecule has 1 rings (SSSR count). The van der Waals surface area contributed by atoms with Gasteiger partial charge in [-0.25, -0.2) is 4.39 Å². The molecule has 0 spiro atoms. The molecule has 1 unspecified atom stereocenters. The number of benzene rings is 1. The van der Waals surface area contributed by atoms with Crippen molar-refractivity contribution in [2.75, 3.05) is 11.0 Å². The Hall–Kier alpha value is -0.370. The fraction of sp³-hybridized carbons (Fsp3) is 0.538. The predicted octanol–water partition coefficient (Wildman–Crippen LogP) is 4.84. The molecular formula is C13H15F4IO. The molecule has 0 aliphatic heterocycles. The lowest BCUT2D eigenvalue weighted by Gasteiger charge is -2.29. The first kappa shape index (κ1) is 16.7. The molecule has 1 nitrogen and oxygen atoms in total. The maximum Gasteiger partial charge on any atom is 0.389 e. The molecule has 0 fully saturated rings. The normalized spacial score (nSPS) is 15.3. The molecule has 1 atom stereocenters. The standard InChI is InChI=1S/C13H15F4IO/c1-12(9-18,10-5-2-3-6-11(10)14)19-8-4-7-13(15,16)17/h2-3,5-6H,4,7-9H2,1H3. The summed E-state index contributed by atoms with van der Waals surface area (Å²) in [6.07, 6.45) is -5.19. The van der Waals surface area contributed by atoms with Crippen LogP contribution < -0.4 is 0 Å². The molecule has 0 saturated heterocycles. The quantitative estimate of drug-likeness (QED) is 0.293. The maximum atomic E-state index is 13.7. The van der Waals surface area contributed by atoms with Crippen molar-refractivity contribution in [1.29, 1.82) is 0 Å². The van der Waals surface area contributed by atoms with E-state index in [1.54, 1.807) is 25.1 Å². The summed E-state index contributed by atoms with van der Waals surface area (Å²) in [5, 5.41) is 0. The summed E-state index contributed by atoms with van der Waals surface area (Å²) in [7, 11) is 0. The molecule has 1 aromatic rings. The van der Waals surface area contributed by atoms with Crippen LogP contribution in [0.5, 0.6) is 0 Å². The van der Waals surface area contributed by atoms with Gasteiger partial charge in [0.15, 0.2) is 0 Å². The van der Waals surface area contributed by atoms with Crippen LogP contribution in [0.4, 0.5) is 17.6 Å². The van der Waals surface area contributed by atoms with E-state index in [9.17, 15) is 17.6 Å². The van der Waals surface area contributed by atoms with Crippen molar-refractivity contribution < 1.29 is 22.3 Å². The van der Waals surface area contributed by atoms with Crippen LogP contribution in [0.2, 0.25) is 0 Å². The Morgan fingerprint density at radius 1 is 1.21 bits per heavy atom. The third-order valence-corrected chi connectivity index (χ3v) is 4.18. The van der Waals surface area contributed by atoms with Crippen molar-refractivity contribution in [3.63, 3.8) is 0 Å². The van der Waals surface area contributed by atoms with Crippen LogP contribution in [0.3, 0.4) is 0 Å². The first-order valence-corrected chi connectivity index (χ1v) is 7.33. The molecule has 1 aromatic carbocycles. The topological polar surface area (TPSA) is 9.23 Å². The van der Waals surface area contributed by atoms with Gasteiger partial charge in [0.2, 0.25) is 0 Å². The summed E-state index contributed by atoms with van der Waals surface area (Å²) in [4.78, 5) is 0. The van der Waals surface area contributed by atoms with Gasteiger partial charge in [-0.05, 0) is 19.4 Å². The SMILES string of the molecule is CC(CI)(OCCCC(F)(F)F)c1ccccc1F. The molecular weight excluding hydrogens is 375 g/mol. The highest BCUT2D eigenvalue weighted by Gasteiger charge is 2.30. The van der Waals surface area contributed by atoms with Crippen LogP contribution in [0.15, 0.2) is 24.3 Å². The monoisotopic (exact) mass is 390 g/mol. The fourth-order valence-corrected chi connectivity index (χ4v) is 2.28. The van der Waals surface area contributed by atoms with Gasteiger partial charge in [-0.3, -0.25) is 0 Å². The zero-order valence-corrected chi connectivity index (χ0v) is 12.6. The highest BCUT2D eigenvalue weighted by Crippen LogP contribution is 2.30. The molecule has 0 aliphatic carbocycles. The minimum atomic E-state index is -4.18. The van der Waals surface area contributed by atoms with Crippen molar-refractivity contribution in [3.8, 4) is 0 Å². The van der Waals surface area contributed by atoms with E-state index < -0.39 is 24.0 Å². The maximum absolute atomic E-state index is 13.7. The number of hydrogen-bond acceptors (Lipinski definition) is 1. The molecule has 0 aliphatic rings. The Balaban J connectivity index is 2.64. The number of halogens is 5. The van der Waals surface area contributed by atoms with Crippen molar-refractivity contribution in [2.24, 2.45) is 0 Å². The van der Waals surface area contributed by atoms with E-state index in [4.69, 9.17) is 4.74 Å². The molecule has 0 heterocycles. The molecule has 0 bridgehead atoms. The van der Waals surface area contributed by atoms with Crippen molar-refractivity contribution in [2.45, 2.75) is 31.5 Å². The largest absolute Gasteiger partial charge is 0.389 e. The Morgan fingerprint density at radius 3 is 2.37 bits per heavy atom. The van der Waals surface area contributed by atoms with Gasteiger partial charge in [0.25, 0.3) is 0 Å². The fourth-order valence-electron chi connectivity index (χ4n) is 1.65. The summed E-state index contributed by atoms with van der Waals surface area (Å²) in [5.41, 5.74) is -0.534. The van der Waals surface area contributed by atoms with Gasteiger partial charge in [0.1, 0.15) is 11.4 Å². The van der Waals surface area contributed by atoms with Crippen molar-refractivity contribution in [1.82, 2.24) is 0 Å². The second kappa shape index (κ2) is 6.88. The van der Waals surface area contributed by atoms with Gasteiger partial charge in [-0.15, -0.1) is 0 Å². The van der Waals surface area contributed by atoms with E-state index in [0.29, 0.717) is 9.99 Å². The van der Waals surface area contributed by atoms with Crippen LogP contribution in [0.1, 0.15) is 25.3 Å². The number of hydrogen-bond donors (Lipinski definition) is 0. The molecule has 0 amide bonds. The summed E-state index contributed by atoms with van der Waals surface area (Å²) < 4.78 is 55.7. The van der Waals surface area contributed by atoms with E-state index in [1.807, 2.05) is 22.6 Å². The van der Waals surface area contributed by atoms with Crippen LogP contribution >= 0.6 is 22.6 Å². The third-order valence-electron chi connectivity index (χ3n) is 2.72. The zero-order chi connectivity index (χ0) is 14.5. The van der Waals surface area contributed by atoms with Crippen molar-refractivity contribution >= 4 is 22.6 Å². The Labute approximate surface area is 123 Å². The Kier molecular flexibility index (Phi) is 6.04. The summed E-state index contributed by atoms with van der Waals surface area (Å²) in [6, 6.07) is 6.16. The van der Waals surface area contributed by atoms with E-state index in [2.05, 4.69) is 0 Å². The molecule has 6 heteroatoms. The number of ether oxygens (including phenoxy) is 1. The lowest BCUT2D eigenvalue weighted by Crippen LogP contribution is -2.29. The van der Waals surface area contributed by atoms with Gasteiger partial charge >= 0.3 is 6.18 Å². The van der Waals surface area contributed by atoms with Gasteiger partial charge < -0.3 is 4.74 Å². The third kappa shape index (κ3) is 5.25. The average Bonchev–Trinajstić information content (AvgIpc) is 2.34. The van der Waals surface area contributed by atoms with Gasteiger partial charge in [0, 0.05) is 23.0 Å². The molecule has 19 heavy (non-hydrogen) atoms. The van der Waals surface area contributed by atoms with Crippen molar-refractivity contribution in [3.05, 3.63) is 35.6 Å². The highest BCUT2D eigenvalue weighted by atomic mass is 127. The van der Waals surface area contributed by atoms with E-state index >= 15 is 0 Å². The Bertz CT molecular complexity index is 408. The van der Waals surface area contributed by atoms with E-state index in [0.717, 1.165) is 0 Å². The van der Waals surface area contributed by atoms with Crippen LogP contribution in [-0.4, -0.2) is 17.2 Å². The van der Waals surface area contributed by atoms with E-state index in [-0.39, 0.29) is 13.0 Å². The first-order chi connectivity index (χ1) is 8.78. The highest BCUT2D eigenvalue weighted by molar-refractivity contribution is 14.1. The smallest absolute Gasteiger partial charge is 0.370 e. The number of rotatable bonds is 6. The minimum Gasteiger partial charge on any atom is -0.370 e. The minimum absolute atomic E-state index is 0.0483. The zero-order valence-electron chi connectivity index (χ0n) is 10.4. The average molecular weight is 390 g/mol. The lowest BCUT2D eigenvalue weighted by molar-refractivity contribution is -0.141. The first-order valence-electron chi connectivity index (χ1n) is 5.80. The molecule has 0 aromatic heterocycles. The lowest BCUT2D eigenvalue weighted by atomic mass is 9.97. The molecule has 108 valence electrons. The molecule has 0 saturated carbocycles. The molecule has 0 radical (unpaired) electrons. The predicted molar refractivity (Wildman–Crippen MR) is 73.9 cm³/mol. The second-order valence-electron chi connectivity index (χ2n) is 4.41. The summed E-state index contributed by atoms with van der Waals surface area (Å²) in [6.45, 7) is 1.64. The summed E-state index contributed by atoms with van der Waals surface area (Å²) in [5.74, 6) is -0.405. The number of alkyl halides is 4. The van der Waals surface area contributed by atoms with Gasteiger partial charge in [-0.1, -0.05) is 40.8 Å². The van der Waals surface area contributed by atoms with Crippen LogP contribution in [-0.2, 0) is 10.3 Å². The molecule has 0 N–H and O–H groups in total. The van der Waals surface area contributed by atoms with E-state index in [1.165, 1.54) is 6.07 Å². The Morgan fingerprint density at radius 2 is 1.84 bits per heavy atom. The van der Waals surface area contributed by atoms with Gasteiger partial charge in [0.05, 0.1) is 0 Å².